The lowest BCUT2D eigenvalue weighted by Crippen LogP contribution is -2.35. The molecule has 7 nitrogen and oxygen atoms in total. The van der Waals surface area contributed by atoms with Crippen molar-refractivity contribution in [2.24, 2.45) is 0 Å². The summed E-state index contributed by atoms with van der Waals surface area (Å²) in [5.74, 6) is 1.03. The molecule has 1 aliphatic heterocycles. The number of imidazole rings is 1. The van der Waals surface area contributed by atoms with E-state index in [1.165, 1.54) is 4.80 Å². The molecule has 1 aromatic carbocycles. The van der Waals surface area contributed by atoms with E-state index in [1.54, 1.807) is 12.4 Å². The van der Waals surface area contributed by atoms with Gasteiger partial charge in [0.1, 0.15) is 12.4 Å². The van der Waals surface area contributed by atoms with Crippen molar-refractivity contribution < 1.29 is 4.79 Å². The van der Waals surface area contributed by atoms with Crippen molar-refractivity contribution in [3.05, 3.63) is 42.5 Å². The molecule has 124 valence electrons. The van der Waals surface area contributed by atoms with Crippen molar-refractivity contribution in [2.75, 3.05) is 6.54 Å². The molecule has 3 aromatic rings. The van der Waals surface area contributed by atoms with Gasteiger partial charge in [-0.2, -0.15) is 15.0 Å². The lowest BCUT2D eigenvalue weighted by molar-refractivity contribution is -0.133. The number of amides is 1. The van der Waals surface area contributed by atoms with Crippen LogP contribution in [0.25, 0.3) is 11.0 Å². The van der Waals surface area contributed by atoms with E-state index in [1.807, 2.05) is 23.1 Å². The summed E-state index contributed by atoms with van der Waals surface area (Å²) in [6, 6.07) is 8.17. The molecule has 1 unspecified atom stereocenters. The maximum atomic E-state index is 12.7. The van der Waals surface area contributed by atoms with Crippen LogP contribution in [0.5, 0.6) is 0 Å². The van der Waals surface area contributed by atoms with Crippen LogP contribution in [0.1, 0.15) is 31.6 Å². The molecule has 0 N–H and O–H groups in total. The molecule has 0 bridgehead atoms. The van der Waals surface area contributed by atoms with Crippen LogP contribution in [-0.2, 0) is 17.9 Å². The third kappa shape index (κ3) is 2.46. The van der Waals surface area contributed by atoms with Crippen LogP contribution < -0.4 is 0 Å². The van der Waals surface area contributed by atoms with Gasteiger partial charge in [0.2, 0.25) is 5.91 Å². The average molecular weight is 324 g/mol. The SMILES string of the molecule is CCn1c(C2CCCN2C(=O)Cn2nccn2)nc2ccccc21. The zero-order valence-corrected chi connectivity index (χ0v) is 13.7. The van der Waals surface area contributed by atoms with Crippen LogP contribution in [0.15, 0.2) is 36.7 Å². The molecule has 1 saturated heterocycles. The Kier molecular flexibility index (Phi) is 3.76. The van der Waals surface area contributed by atoms with Gasteiger partial charge in [0.05, 0.1) is 29.5 Å². The van der Waals surface area contributed by atoms with E-state index in [-0.39, 0.29) is 18.5 Å². The number of benzene rings is 1. The average Bonchev–Trinajstić information content (AvgIpc) is 3.33. The van der Waals surface area contributed by atoms with Crippen molar-refractivity contribution in [3.63, 3.8) is 0 Å². The predicted molar refractivity (Wildman–Crippen MR) is 89.1 cm³/mol. The van der Waals surface area contributed by atoms with Gasteiger partial charge in [-0.15, -0.1) is 0 Å². The van der Waals surface area contributed by atoms with Crippen LogP contribution in [-0.4, -0.2) is 41.9 Å². The zero-order valence-electron chi connectivity index (χ0n) is 13.7. The third-order valence-corrected chi connectivity index (χ3v) is 4.61. The highest BCUT2D eigenvalue weighted by Gasteiger charge is 2.33. The molecule has 0 radical (unpaired) electrons. The number of likely N-dealkylation sites (tertiary alicyclic amines) is 1. The van der Waals surface area contributed by atoms with E-state index < -0.39 is 0 Å². The maximum absolute atomic E-state index is 12.7. The normalized spacial score (nSPS) is 17.7. The monoisotopic (exact) mass is 324 g/mol. The Morgan fingerprint density at radius 2 is 2.04 bits per heavy atom. The maximum Gasteiger partial charge on any atom is 0.246 e. The zero-order chi connectivity index (χ0) is 16.5. The summed E-state index contributed by atoms with van der Waals surface area (Å²) in [7, 11) is 0. The molecule has 1 atom stereocenters. The Morgan fingerprint density at radius 3 is 2.83 bits per heavy atom. The number of hydrogen-bond acceptors (Lipinski definition) is 4. The molecule has 7 heteroatoms. The van der Waals surface area contributed by atoms with Crippen molar-refractivity contribution >= 4 is 16.9 Å². The minimum absolute atomic E-state index is 0.0282. The highest BCUT2D eigenvalue weighted by molar-refractivity contribution is 5.78. The Morgan fingerprint density at radius 1 is 1.25 bits per heavy atom. The second-order valence-electron chi connectivity index (χ2n) is 6.01. The largest absolute Gasteiger partial charge is 0.331 e. The van der Waals surface area contributed by atoms with E-state index in [0.29, 0.717) is 0 Å². The first-order valence-corrected chi connectivity index (χ1v) is 8.36. The van der Waals surface area contributed by atoms with Gasteiger partial charge in [-0.05, 0) is 31.9 Å². The number of para-hydroxylation sites is 2. The molecule has 1 fully saturated rings. The first kappa shape index (κ1) is 14.9. The van der Waals surface area contributed by atoms with E-state index in [0.717, 1.165) is 42.8 Å². The molecule has 4 rings (SSSR count). The van der Waals surface area contributed by atoms with Crippen molar-refractivity contribution in [2.45, 2.75) is 38.9 Å². The minimum Gasteiger partial charge on any atom is -0.331 e. The van der Waals surface area contributed by atoms with Gasteiger partial charge in [0, 0.05) is 13.1 Å². The van der Waals surface area contributed by atoms with Gasteiger partial charge >= 0.3 is 0 Å². The van der Waals surface area contributed by atoms with Crippen LogP contribution in [0.3, 0.4) is 0 Å². The molecule has 3 heterocycles. The molecular formula is C17H20N6O. The second-order valence-corrected chi connectivity index (χ2v) is 6.01. The summed E-state index contributed by atoms with van der Waals surface area (Å²) in [5, 5.41) is 8.06. The lowest BCUT2D eigenvalue weighted by atomic mass is 10.2. The van der Waals surface area contributed by atoms with E-state index in [2.05, 4.69) is 27.8 Å². The first-order chi connectivity index (χ1) is 11.8. The number of hydrogen-bond donors (Lipinski definition) is 0. The standard InChI is InChI=1S/C17H20N6O/c1-2-21-14-7-4-3-6-13(14)20-17(21)15-8-5-11-22(15)16(24)12-23-18-9-10-19-23/h3-4,6-7,9-10,15H,2,5,8,11-12H2,1H3. The van der Waals surface area contributed by atoms with Gasteiger partial charge in [-0.3, -0.25) is 4.79 Å². The fourth-order valence-corrected chi connectivity index (χ4v) is 3.55. The van der Waals surface area contributed by atoms with Crippen molar-refractivity contribution in [1.82, 2.24) is 29.4 Å². The number of rotatable bonds is 4. The van der Waals surface area contributed by atoms with Crippen LogP contribution in [0, 0.1) is 0 Å². The molecule has 24 heavy (non-hydrogen) atoms. The quantitative estimate of drug-likeness (QED) is 0.736. The lowest BCUT2D eigenvalue weighted by Gasteiger charge is -2.24. The van der Waals surface area contributed by atoms with Crippen molar-refractivity contribution in [3.8, 4) is 0 Å². The molecule has 2 aromatic heterocycles. The summed E-state index contributed by atoms with van der Waals surface area (Å²) in [6.45, 7) is 3.90. The highest BCUT2D eigenvalue weighted by Crippen LogP contribution is 2.33. The Balaban J connectivity index is 1.66. The number of aromatic nitrogens is 5. The number of aryl methyl sites for hydroxylation is 1. The van der Waals surface area contributed by atoms with E-state index in [9.17, 15) is 4.79 Å². The molecular weight excluding hydrogens is 304 g/mol. The second kappa shape index (κ2) is 6.07. The molecule has 0 saturated carbocycles. The molecule has 0 spiro atoms. The number of carbonyl (C=O) groups is 1. The van der Waals surface area contributed by atoms with Crippen LogP contribution >= 0.6 is 0 Å². The minimum atomic E-state index is 0.0282. The topological polar surface area (TPSA) is 68.8 Å². The smallest absolute Gasteiger partial charge is 0.246 e. The van der Waals surface area contributed by atoms with Gasteiger partial charge < -0.3 is 9.47 Å². The van der Waals surface area contributed by atoms with Gasteiger partial charge in [0.25, 0.3) is 0 Å². The summed E-state index contributed by atoms with van der Waals surface area (Å²) < 4.78 is 2.22. The summed E-state index contributed by atoms with van der Waals surface area (Å²) in [6.07, 6.45) is 5.12. The fraction of sp³-hybridized carbons (Fsp3) is 0.412. The van der Waals surface area contributed by atoms with Crippen LogP contribution in [0.2, 0.25) is 0 Å². The molecule has 1 aliphatic rings. The fourth-order valence-electron chi connectivity index (χ4n) is 3.55. The number of fused-ring (bicyclic) bond motifs is 1. The van der Waals surface area contributed by atoms with Crippen molar-refractivity contribution in [1.29, 1.82) is 0 Å². The number of carbonyl (C=O) groups excluding carboxylic acids is 1. The Hall–Kier alpha value is -2.70. The summed E-state index contributed by atoms with van der Waals surface area (Å²) >= 11 is 0. The van der Waals surface area contributed by atoms with E-state index >= 15 is 0 Å². The van der Waals surface area contributed by atoms with Gasteiger partial charge in [-0.25, -0.2) is 4.98 Å². The summed E-state index contributed by atoms with van der Waals surface area (Å²) in [4.78, 5) is 20.9. The van der Waals surface area contributed by atoms with E-state index in [4.69, 9.17) is 4.98 Å². The summed E-state index contributed by atoms with van der Waals surface area (Å²) in [5.41, 5.74) is 2.12. The molecule has 0 aliphatic carbocycles. The highest BCUT2D eigenvalue weighted by atomic mass is 16.2. The van der Waals surface area contributed by atoms with Gasteiger partial charge in [-0.1, -0.05) is 12.1 Å². The number of nitrogens with zero attached hydrogens (tertiary/aromatic N) is 6. The predicted octanol–water partition coefficient (Wildman–Crippen LogP) is 2.01. The third-order valence-electron chi connectivity index (χ3n) is 4.61. The van der Waals surface area contributed by atoms with Gasteiger partial charge in [0.15, 0.2) is 0 Å². The Labute approximate surface area is 139 Å². The Bertz CT molecular complexity index is 853. The first-order valence-electron chi connectivity index (χ1n) is 8.36. The van der Waals surface area contributed by atoms with Crippen LogP contribution in [0.4, 0.5) is 0 Å². The molecule has 1 amide bonds.